The Morgan fingerprint density at radius 2 is 2.05 bits per heavy atom. The molecule has 1 aromatic rings. The van der Waals surface area contributed by atoms with Crippen molar-refractivity contribution in [1.29, 1.82) is 0 Å². The maximum Gasteiger partial charge on any atom is 0.338 e. The minimum absolute atomic E-state index is 0.0704. The number of esters is 1. The largest absolute Gasteiger partial charge is 0.478 e. The number of hydrogen-bond donors (Lipinski definition) is 1. The van der Waals surface area contributed by atoms with Crippen molar-refractivity contribution in [3.05, 3.63) is 23.5 Å². The number of nitrogens with zero attached hydrogens (tertiary/aromatic N) is 1. The van der Waals surface area contributed by atoms with Gasteiger partial charge in [0.05, 0.1) is 11.3 Å². The van der Waals surface area contributed by atoms with Gasteiger partial charge in [0.2, 0.25) is 0 Å². The van der Waals surface area contributed by atoms with Gasteiger partial charge >= 0.3 is 11.9 Å². The number of aryl methyl sites for hydroxylation is 1. The summed E-state index contributed by atoms with van der Waals surface area (Å²) in [5.41, 5.74) is 0.261. The molecule has 104 valence electrons. The molecule has 1 aromatic heterocycles. The van der Waals surface area contributed by atoms with Crippen molar-refractivity contribution < 1.29 is 19.4 Å². The zero-order valence-electron chi connectivity index (χ0n) is 11.4. The molecule has 0 fully saturated rings. The van der Waals surface area contributed by atoms with Crippen LogP contribution in [-0.2, 0) is 9.53 Å². The molecule has 1 heterocycles. The smallest absolute Gasteiger partial charge is 0.338 e. The monoisotopic (exact) mass is 283 g/mol. The van der Waals surface area contributed by atoms with Crippen LogP contribution in [0.5, 0.6) is 0 Å². The number of ether oxygens (including phenoxy) is 1. The van der Waals surface area contributed by atoms with Gasteiger partial charge in [0, 0.05) is 16.8 Å². The van der Waals surface area contributed by atoms with E-state index in [-0.39, 0.29) is 17.3 Å². The minimum atomic E-state index is -1.06. The van der Waals surface area contributed by atoms with Gasteiger partial charge in [0.25, 0.3) is 0 Å². The average molecular weight is 283 g/mol. The summed E-state index contributed by atoms with van der Waals surface area (Å²) in [5, 5.41) is 9.04. The van der Waals surface area contributed by atoms with E-state index >= 15 is 0 Å². The van der Waals surface area contributed by atoms with Crippen molar-refractivity contribution in [2.75, 3.05) is 5.75 Å². The first-order valence-corrected chi connectivity index (χ1v) is 6.72. The maximum atomic E-state index is 11.6. The summed E-state index contributed by atoms with van der Waals surface area (Å²) in [6.07, 6.45) is 1.30. The molecule has 0 atom stereocenters. The van der Waals surface area contributed by atoms with Gasteiger partial charge in [0.15, 0.2) is 0 Å². The first-order chi connectivity index (χ1) is 8.69. The highest BCUT2D eigenvalue weighted by Crippen LogP contribution is 2.24. The third kappa shape index (κ3) is 5.30. The fourth-order valence-electron chi connectivity index (χ4n) is 1.32. The molecular formula is C13H17NO4S. The summed E-state index contributed by atoms with van der Waals surface area (Å²) < 4.78 is 5.17. The van der Waals surface area contributed by atoms with Crippen molar-refractivity contribution in [1.82, 2.24) is 4.98 Å². The predicted molar refractivity (Wildman–Crippen MR) is 72.5 cm³/mol. The lowest BCUT2D eigenvalue weighted by atomic mass is 10.2. The van der Waals surface area contributed by atoms with E-state index in [0.717, 1.165) is 11.8 Å². The van der Waals surface area contributed by atoms with Crippen LogP contribution in [0, 0.1) is 6.92 Å². The van der Waals surface area contributed by atoms with Crippen LogP contribution in [0.3, 0.4) is 0 Å². The lowest BCUT2D eigenvalue weighted by Gasteiger charge is -2.19. The number of carbonyl (C=O) groups is 2. The van der Waals surface area contributed by atoms with E-state index in [1.54, 1.807) is 33.8 Å². The van der Waals surface area contributed by atoms with Crippen LogP contribution >= 0.6 is 11.8 Å². The van der Waals surface area contributed by atoms with Crippen molar-refractivity contribution in [3.63, 3.8) is 0 Å². The summed E-state index contributed by atoms with van der Waals surface area (Å²) in [4.78, 5) is 27.1. The third-order valence-electron chi connectivity index (χ3n) is 2.00. The average Bonchev–Trinajstić information content (AvgIpc) is 2.23. The zero-order chi connectivity index (χ0) is 14.6. The second-order valence-electron chi connectivity index (χ2n) is 5.00. The van der Waals surface area contributed by atoms with Crippen LogP contribution in [0.4, 0.5) is 0 Å². The van der Waals surface area contributed by atoms with Crippen molar-refractivity contribution in [2.45, 2.75) is 38.2 Å². The SMILES string of the molecule is Cc1cc(SCC(=O)OC(C)(C)C)c(C(=O)O)cn1. The van der Waals surface area contributed by atoms with Gasteiger partial charge < -0.3 is 9.84 Å². The molecule has 0 aromatic carbocycles. The normalized spacial score (nSPS) is 11.2. The number of pyridine rings is 1. The lowest BCUT2D eigenvalue weighted by Crippen LogP contribution is -2.25. The zero-order valence-corrected chi connectivity index (χ0v) is 12.2. The Hall–Kier alpha value is -1.56. The molecule has 0 saturated heterocycles. The second-order valence-corrected chi connectivity index (χ2v) is 6.02. The Kier molecular flexibility index (Phi) is 4.94. The van der Waals surface area contributed by atoms with Gasteiger partial charge in [-0.1, -0.05) is 0 Å². The van der Waals surface area contributed by atoms with Gasteiger partial charge in [-0.3, -0.25) is 9.78 Å². The van der Waals surface area contributed by atoms with Gasteiger partial charge in [-0.15, -0.1) is 11.8 Å². The molecule has 0 aliphatic rings. The number of aromatic carboxylic acids is 1. The second kappa shape index (κ2) is 6.06. The van der Waals surface area contributed by atoms with Crippen molar-refractivity contribution in [2.24, 2.45) is 0 Å². The van der Waals surface area contributed by atoms with Gasteiger partial charge in [-0.05, 0) is 33.8 Å². The minimum Gasteiger partial charge on any atom is -0.478 e. The van der Waals surface area contributed by atoms with E-state index in [1.165, 1.54) is 6.20 Å². The Morgan fingerprint density at radius 3 is 2.58 bits per heavy atom. The summed E-state index contributed by atoms with van der Waals surface area (Å²) in [7, 11) is 0. The molecule has 0 radical (unpaired) electrons. The molecule has 0 saturated carbocycles. The quantitative estimate of drug-likeness (QED) is 0.676. The van der Waals surface area contributed by atoms with Crippen LogP contribution in [0.2, 0.25) is 0 Å². The molecule has 0 aliphatic carbocycles. The standard InChI is InChI=1S/C13H17NO4S/c1-8-5-10(9(6-14-8)12(16)17)19-7-11(15)18-13(2,3)4/h5-6H,7H2,1-4H3,(H,16,17). The van der Waals surface area contributed by atoms with Crippen LogP contribution in [0.1, 0.15) is 36.8 Å². The Balaban J connectivity index is 2.75. The number of thioether (sulfide) groups is 1. The van der Waals surface area contributed by atoms with Gasteiger partial charge in [-0.2, -0.15) is 0 Å². The molecule has 1 rings (SSSR count). The molecule has 19 heavy (non-hydrogen) atoms. The molecule has 0 bridgehead atoms. The number of hydrogen-bond acceptors (Lipinski definition) is 5. The van der Waals surface area contributed by atoms with E-state index in [1.807, 2.05) is 0 Å². The fraction of sp³-hybridized carbons (Fsp3) is 0.462. The summed E-state index contributed by atoms with van der Waals surface area (Å²) in [6.45, 7) is 7.13. The van der Waals surface area contributed by atoms with Crippen LogP contribution < -0.4 is 0 Å². The Morgan fingerprint density at radius 1 is 1.42 bits per heavy atom. The van der Waals surface area contributed by atoms with Crippen LogP contribution in [-0.4, -0.2) is 33.4 Å². The van der Waals surface area contributed by atoms with Crippen molar-refractivity contribution in [3.8, 4) is 0 Å². The van der Waals surface area contributed by atoms with Crippen LogP contribution in [0.15, 0.2) is 17.2 Å². The van der Waals surface area contributed by atoms with E-state index < -0.39 is 11.6 Å². The summed E-state index contributed by atoms with van der Waals surface area (Å²) in [5.74, 6) is -1.36. The number of aromatic nitrogens is 1. The summed E-state index contributed by atoms with van der Waals surface area (Å²) >= 11 is 1.14. The fourth-order valence-corrected chi connectivity index (χ4v) is 2.20. The lowest BCUT2D eigenvalue weighted by molar-refractivity contribution is -0.151. The van der Waals surface area contributed by atoms with Gasteiger partial charge in [0.1, 0.15) is 5.60 Å². The topological polar surface area (TPSA) is 76.5 Å². The van der Waals surface area contributed by atoms with Crippen LogP contribution in [0.25, 0.3) is 0 Å². The Bertz CT molecular complexity index is 494. The number of carboxylic acid groups (broad SMARTS) is 1. The molecule has 6 heteroatoms. The molecular weight excluding hydrogens is 266 g/mol. The van der Waals surface area contributed by atoms with E-state index in [0.29, 0.717) is 10.6 Å². The van der Waals surface area contributed by atoms with E-state index in [9.17, 15) is 9.59 Å². The predicted octanol–water partition coefficient (Wildman–Crippen LogP) is 2.52. The van der Waals surface area contributed by atoms with Gasteiger partial charge in [-0.25, -0.2) is 4.79 Å². The highest BCUT2D eigenvalue weighted by atomic mass is 32.2. The van der Waals surface area contributed by atoms with Crippen molar-refractivity contribution >= 4 is 23.7 Å². The van der Waals surface area contributed by atoms with E-state index in [4.69, 9.17) is 9.84 Å². The van der Waals surface area contributed by atoms with E-state index in [2.05, 4.69) is 4.98 Å². The molecule has 0 unspecified atom stereocenters. The molecule has 0 spiro atoms. The maximum absolute atomic E-state index is 11.6. The molecule has 1 N–H and O–H groups in total. The first kappa shape index (κ1) is 15.5. The first-order valence-electron chi connectivity index (χ1n) is 5.73. The Labute approximate surface area is 116 Å². The molecule has 0 amide bonds. The highest BCUT2D eigenvalue weighted by molar-refractivity contribution is 8.00. The summed E-state index contributed by atoms with van der Waals surface area (Å²) in [6, 6.07) is 1.65. The molecule has 0 aliphatic heterocycles. The third-order valence-corrected chi connectivity index (χ3v) is 3.03. The number of rotatable bonds is 4. The highest BCUT2D eigenvalue weighted by Gasteiger charge is 2.18. The number of carboxylic acids is 1. The molecule has 5 nitrogen and oxygen atoms in total. The number of carbonyl (C=O) groups excluding carboxylic acids is 1.